The topological polar surface area (TPSA) is 55.8 Å². The van der Waals surface area contributed by atoms with Crippen LogP contribution in [0.15, 0.2) is 58.9 Å². The lowest BCUT2D eigenvalue weighted by atomic mass is 9.71. The monoisotopic (exact) mass is 505 g/mol. The largest absolute Gasteiger partial charge is 0.490 e. The molecule has 0 N–H and O–H groups in total. The van der Waals surface area contributed by atoms with Gasteiger partial charge in [-0.2, -0.15) is 0 Å². The summed E-state index contributed by atoms with van der Waals surface area (Å²) in [5.74, 6) is 0.819. The van der Waals surface area contributed by atoms with Gasteiger partial charge >= 0.3 is 0 Å². The Morgan fingerprint density at radius 1 is 0.917 bits per heavy atom. The van der Waals surface area contributed by atoms with Gasteiger partial charge in [0.25, 0.3) is 0 Å². The van der Waals surface area contributed by atoms with Gasteiger partial charge in [0, 0.05) is 48.3 Å². The number of ketones is 2. The molecule has 5 rings (SSSR count). The molecule has 0 unspecified atom stereocenters. The van der Waals surface area contributed by atoms with E-state index in [1.165, 1.54) is 5.56 Å². The Hall–Kier alpha value is -3.05. The minimum atomic E-state index is -0.422. The lowest BCUT2D eigenvalue weighted by molar-refractivity contribution is -0.117. The highest BCUT2D eigenvalue weighted by Gasteiger charge is 2.42. The zero-order valence-corrected chi connectivity index (χ0v) is 21.9. The number of ether oxygens (including phenoxy) is 2. The molecule has 1 aliphatic heterocycles. The highest BCUT2D eigenvalue weighted by Crippen LogP contribution is 2.50. The number of hydrogen-bond donors (Lipinski definition) is 0. The van der Waals surface area contributed by atoms with Crippen LogP contribution in [0.25, 0.3) is 0 Å². The van der Waals surface area contributed by atoms with Crippen LogP contribution in [0, 0.1) is 6.92 Å². The van der Waals surface area contributed by atoms with Crippen LogP contribution in [-0.2, 0) is 16.2 Å². The maximum atomic E-state index is 13.3. The summed E-state index contributed by atoms with van der Waals surface area (Å²) < 4.78 is 12.1. The number of aryl methyl sites for hydroxylation is 1. The molecule has 0 aromatic heterocycles. The van der Waals surface area contributed by atoms with E-state index >= 15 is 0 Å². The summed E-state index contributed by atoms with van der Waals surface area (Å²) in [5, 5.41) is 0.415. The van der Waals surface area contributed by atoms with E-state index in [-0.39, 0.29) is 11.6 Å². The van der Waals surface area contributed by atoms with Crippen molar-refractivity contribution in [1.29, 1.82) is 0 Å². The third-order valence-corrected chi connectivity index (χ3v) is 7.69. The fraction of sp³-hybridized carbons (Fsp3) is 0.400. The standard InChI is InChI=1S/C30H32ClNO4/c1-4-35-26-16-20(15-21(31)30(26)36-17-19-13-11-18(2)12-14-19)27-28-22(7-5-9-24(28)33)32(3)23-8-6-10-25(34)29(23)27/h11-16,27H,4-10,17H2,1-3H3. The van der Waals surface area contributed by atoms with Gasteiger partial charge in [0.05, 0.1) is 11.6 Å². The highest BCUT2D eigenvalue weighted by atomic mass is 35.5. The molecule has 0 atom stereocenters. The van der Waals surface area contributed by atoms with Gasteiger partial charge < -0.3 is 14.4 Å². The first-order valence-corrected chi connectivity index (χ1v) is 13.2. The molecule has 2 aromatic carbocycles. The number of hydrogen-bond acceptors (Lipinski definition) is 5. The summed E-state index contributed by atoms with van der Waals surface area (Å²) in [6.45, 7) is 4.76. The van der Waals surface area contributed by atoms with E-state index in [0.29, 0.717) is 42.6 Å². The number of halogens is 1. The van der Waals surface area contributed by atoms with E-state index in [1.54, 1.807) is 0 Å². The molecule has 0 bridgehead atoms. The number of carbonyl (C=O) groups is 2. The lowest BCUT2D eigenvalue weighted by Gasteiger charge is -2.42. The number of Topliss-reactive ketones (excluding diaryl/α,β-unsaturated/α-hetero) is 2. The van der Waals surface area contributed by atoms with Crippen LogP contribution in [0.4, 0.5) is 0 Å². The third-order valence-electron chi connectivity index (χ3n) is 7.41. The molecule has 36 heavy (non-hydrogen) atoms. The zero-order valence-electron chi connectivity index (χ0n) is 21.2. The average molecular weight is 506 g/mol. The molecular formula is C30H32ClNO4. The normalized spacial score (nSPS) is 18.4. The molecule has 0 spiro atoms. The number of carbonyl (C=O) groups excluding carboxylic acids is 2. The van der Waals surface area contributed by atoms with Gasteiger partial charge in [-0.3, -0.25) is 9.59 Å². The molecule has 5 nitrogen and oxygen atoms in total. The van der Waals surface area contributed by atoms with E-state index in [9.17, 15) is 9.59 Å². The van der Waals surface area contributed by atoms with Gasteiger partial charge in [0.2, 0.25) is 0 Å². The Labute approximate surface area is 217 Å². The summed E-state index contributed by atoms with van der Waals surface area (Å²) >= 11 is 6.82. The molecular weight excluding hydrogens is 474 g/mol. The van der Waals surface area contributed by atoms with Crippen molar-refractivity contribution in [2.24, 2.45) is 0 Å². The molecule has 188 valence electrons. The lowest BCUT2D eigenvalue weighted by Crippen LogP contribution is -2.37. The molecule has 2 aliphatic carbocycles. The Kier molecular flexibility index (Phi) is 6.94. The minimum Gasteiger partial charge on any atom is -0.490 e. The molecule has 3 aliphatic rings. The second-order valence-electron chi connectivity index (χ2n) is 9.80. The summed E-state index contributed by atoms with van der Waals surface area (Å²) in [6.07, 6.45) is 4.35. The van der Waals surface area contributed by atoms with Crippen LogP contribution in [0.5, 0.6) is 11.5 Å². The second kappa shape index (κ2) is 10.1. The van der Waals surface area contributed by atoms with Crippen molar-refractivity contribution < 1.29 is 19.1 Å². The van der Waals surface area contributed by atoms with Crippen molar-refractivity contribution in [3.05, 3.63) is 80.7 Å². The predicted molar refractivity (Wildman–Crippen MR) is 140 cm³/mol. The van der Waals surface area contributed by atoms with Crippen LogP contribution in [-0.4, -0.2) is 30.1 Å². The van der Waals surface area contributed by atoms with Crippen LogP contribution >= 0.6 is 11.6 Å². The Morgan fingerprint density at radius 3 is 2.11 bits per heavy atom. The van der Waals surface area contributed by atoms with Crippen LogP contribution in [0.2, 0.25) is 5.02 Å². The summed E-state index contributed by atoms with van der Waals surface area (Å²) in [5.41, 5.74) is 6.59. The van der Waals surface area contributed by atoms with Crippen molar-refractivity contribution in [3.8, 4) is 11.5 Å². The van der Waals surface area contributed by atoms with E-state index < -0.39 is 5.92 Å². The second-order valence-corrected chi connectivity index (χ2v) is 10.2. The van der Waals surface area contributed by atoms with Crippen LogP contribution < -0.4 is 9.47 Å². The Morgan fingerprint density at radius 2 is 1.53 bits per heavy atom. The predicted octanol–water partition coefficient (Wildman–Crippen LogP) is 6.67. The first kappa shape index (κ1) is 24.6. The first-order chi connectivity index (χ1) is 17.4. The molecule has 6 heteroatoms. The van der Waals surface area contributed by atoms with E-state index in [1.807, 2.05) is 57.3 Å². The van der Waals surface area contributed by atoms with Gasteiger partial charge in [0.15, 0.2) is 23.1 Å². The van der Waals surface area contributed by atoms with Gasteiger partial charge in [-0.25, -0.2) is 0 Å². The maximum absolute atomic E-state index is 13.3. The number of allylic oxidation sites excluding steroid dienone is 4. The Bertz CT molecular complexity index is 1230. The summed E-state index contributed by atoms with van der Waals surface area (Å²) in [4.78, 5) is 28.7. The number of rotatable bonds is 6. The van der Waals surface area contributed by atoms with Crippen molar-refractivity contribution in [2.45, 2.75) is 64.9 Å². The third kappa shape index (κ3) is 4.45. The quantitative estimate of drug-likeness (QED) is 0.439. The first-order valence-electron chi connectivity index (χ1n) is 12.8. The SMILES string of the molecule is CCOc1cc(C2C3=C(CCCC3=O)N(C)C3=C2C(=O)CCC3)cc(Cl)c1OCc1ccc(C)cc1. The fourth-order valence-electron chi connectivity index (χ4n) is 5.68. The molecule has 0 saturated carbocycles. The van der Waals surface area contributed by atoms with Crippen molar-refractivity contribution in [1.82, 2.24) is 4.90 Å². The van der Waals surface area contributed by atoms with E-state index in [0.717, 1.165) is 59.4 Å². The van der Waals surface area contributed by atoms with Gasteiger partial charge in [-0.05, 0) is 62.8 Å². The van der Waals surface area contributed by atoms with Crippen molar-refractivity contribution >= 4 is 23.2 Å². The van der Waals surface area contributed by atoms with Gasteiger partial charge in [-0.15, -0.1) is 0 Å². The van der Waals surface area contributed by atoms with Crippen LogP contribution in [0.1, 0.15) is 68.1 Å². The molecule has 0 radical (unpaired) electrons. The highest BCUT2D eigenvalue weighted by molar-refractivity contribution is 6.32. The molecule has 0 saturated heterocycles. The maximum Gasteiger partial charge on any atom is 0.180 e. The molecule has 1 heterocycles. The molecule has 0 fully saturated rings. The smallest absolute Gasteiger partial charge is 0.180 e. The zero-order chi connectivity index (χ0) is 25.4. The van der Waals surface area contributed by atoms with Crippen molar-refractivity contribution in [3.63, 3.8) is 0 Å². The van der Waals surface area contributed by atoms with E-state index in [2.05, 4.69) is 4.90 Å². The van der Waals surface area contributed by atoms with Gasteiger partial charge in [-0.1, -0.05) is 41.4 Å². The minimum absolute atomic E-state index is 0.117. The molecule has 0 amide bonds. The van der Waals surface area contributed by atoms with Crippen molar-refractivity contribution in [2.75, 3.05) is 13.7 Å². The van der Waals surface area contributed by atoms with Crippen LogP contribution in [0.3, 0.4) is 0 Å². The molecule has 2 aromatic rings. The Balaban J connectivity index is 1.59. The van der Waals surface area contributed by atoms with E-state index in [4.69, 9.17) is 21.1 Å². The number of benzene rings is 2. The van der Waals surface area contributed by atoms with Gasteiger partial charge in [0.1, 0.15) is 6.61 Å². The number of nitrogens with zero attached hydrogens (tertiary/aromatic N) is 1. The summed E-state index contributed by atoms with van der Waals surface area (Å²) in [7, 11) is 2.00. The average Bonchev–Trinajstić information content (AvgIpc) is 2.86. The fourth-order valence-corrected chi connectivity index (χ4v) is 5.96. The summed E-state index contributed by atoms with van der Waals surface area (Å²) in [6, 6.07) is 11.9.